The molecule has 1 aromatic rings. The first kappa shape index (κ1) is 18.0. The van der Waals surface area contributed by atoms with E-state index in [-0.39, 0.29) is 0 Å². The molecule has 0 heterocycles. The van der Waals surface area contributed by atoms with Gasteiger partial charge < -0.3 is 0 Å². The van der Waals surface area contributed by atoms with Crippen molar-refractivity contribution >= 4 is 22.2 Å². The summed E-state index contributed by atoms with van der Waals surface area (Å²) in [5, 5.41) is 0. The third-order valence-corrected chi connectivity index (χ3v) is 10.9. The van der Waals surface area contributed by atoms with E-state index in [1.807, 2.05) is 6.08 Å². The van der Waals surface area contributed by atoms with E-state index in [0.717, 1.165) is 17.7 Å². The molecule has 0 nitrogen and oxygen atoms in total. The quantitative estimate of drug-likeness (QED) is 0.471. The molecule has 0 aliphatic rings. The van der Waals surface area contributed by atoms with Crippen molar-refractivity contribution in [2.45, 2.75) is 45.5 Å². The molecule has 116 valence electrons. The van der Waals surface area contributed by atoms with E-state index in [1.165, 1.54) is 17.0 Å². The van der Waals surface area contributed by atoms with E-state index in [9.17, 15) is 13.2 Å². The first-order chi connectivity index (χ1) is 9.32. The maximum Gasteiger partial charge on any atom is 0.416 e. The van der Waals surface area contributed by atoms with Crippen LogP contribution in [0.15, 0.2) is 34.8 Å². The molecule has 0 amide bonds. The van der Waals surface area contributed by atoms with Crippen LogP contribution in [-0.4, -0.2) is 16.1 Å². The molecule has 0 saturated heterocycles. The lowest BCUT2D eigenvalue weighted by Gasteiger charge is -2.29. The Morgan fingerprint density at radius 1 is 0.905 bits per heavy atom. The number of benzene rings is 1. The zero-order valence-corrected chi connectivity index (χ0v) is 15.5. The first-order valence-corrected chi connectivity index (χ1v) is 14.0. The van der Waals surface area contributed by atoms with Gasteiger partial charge in [0.1, 0.15) is 0 Å². The van der Waals surface area contributed by atoms with Gasteiger partial charge in [-0.2, -0.15) is 13.2 Å². The van der Waals surface area contributed by atoms with Crippen LogP contribution in [0.2, 0.25) is 39.3 Å². The molecule has 0 unspecified atom stereocenters. The molecule has 1 aromatic carbocycles. The molecule has 0 atom stereocenters. The number of rotatable bonds is 3. The standard InChI is InChI=1S/C16H23F3Si2/c1-20(2,3)15(21(4,5)6)12-9-13-7-10-14(11-8-13)16(17,18)19/h7-11H,1-6H3. The van der Waals surface area contributed by atoms with Crippen molar-refractivity contribution in [3.05, 3.63) is 45.9 Å². The highest BCUT2D eigenvalue weighted by atomic mass is 28.4. The van der Waals surface area contributed by atoms with Gasteiger partial charge in [-0.25, -0.2) is 0 Å². The first-order valence-electron chi connectivity index (χ1n) is 6.97. The Balaban J connectivity index is 3.20. The number of alkyl halides is 3. The SMILES string of the molecule is C[Si](C)(C)C(=C=Cc1ccc(C(F)(F)F)cc1)[Si](C)(C)C. The third kappa shape index (κ3) is 5.34. The fraction of sp³-hybridized carbons (Fsp3) is 0.438. The summed E-state index contributed by atoms with van der Waals surface area (Å²) in [6.07, 6.45) is -2.45. The van der Waals surface area contributed by atoms with Gasteiger partial charge in [0.25, 0.3) is 0 Å². The molecule has 0 aliphatic carbocycles. The summed E-state index contributed by atoms with van der Waals surface area (Å²) in [6.45, 7) is 13.7. The van der Waals surface area contributed by atoms with Crippen LogP contribution >= 0.6 is 0 Å². The van der Waals surface area contributed by atoms with E-state index < -0.39 is 27.9 Å². The van der Waals surface area contributed by atoms with Crippen LogP contribution in [0.5, 0.6) is 0 Å². The molecule has 5 heteroatoms. The smallest absolute Gasteiger partial charge is 0.166 e. The summed E-state index contributed by atoms with van der Waals surface area (Å²) in [6, 6.07) is 5.25. The molecule has 0 N–H and O–H groups in total. The summed E-state index contributed by atoms with van der Waals surface area (Å²) in [5.74, 6) is 0. The minimum Gasteiger partial charge on any atom is -0.166 e. The van der Waals surface area contributed by atoms with E-state index in [1.54, 1.807) is 0 Å². The van der Waals surface area contributed by atoms with Crippen molar-refractivity contribution in [2.75, 3.05) is 0 Å². The Morgan fingerprint density at radius 2 is 1.33 bits per heavy atom. The van der Waals surface area contributed by atoms with Crippen molar-refractivity contribution < 1.29 is 13.2 Å². The van der Waals surface area contributed by atoms with Crippen LogP contribution in [0.25, 0.3) is 6.08 Å². The lowest BCUT2D eigenvalue weighted by Crippen LogP contribution is -2.39. The second-order valence-corrected chi connectivity index (χ2v) is 17.8. The lowest BCUT2D eigenvalue weighted by atomic mass is 10.1. The fourth-order valence-corrected chi connectivity index (χ4v) is 12.5. The largest absolute Gasteiger partial charge is 0.416 e. The molecule has 0 aliphatic heterocycles. The highest BCUT2D eigenvalue weighted by Crippen LogP contribution is 2.29. The van der Waals surface area contributed by atoms with Crippen LogP contribution in [0.3, 0.4) is 0 Å². The maximum absolute atomic E-state index is 12.5. The maximum atomic E-state index is 12.5. The van der Waals surface area contributed by atoms with Crippen LogP contribution in [0.1, 0.15) is 11.1 Å². The lowest BCUT2D eigenvalue weighted by molar-refractivity contribution is -0.137. The Morgan fingerprint density at radius 3 is 1.67 bits per heavy atom. The average Bonchev–Trinajstić information content (AvgIpc) is 2.24. The van der Waals surface area contributed by atoms with Crippen LogP contribution in [0.4, 0.5) is 13.2 Å². The van der Waals surface area contributed by atoms with E-state index in [2.05, 4.69) is 45.0 Å². The van der Waals surface area contributed by atoms with Crippen molar-refractivity contribution in [3.63, 3.8) is 0 Å². The van der Waals surface area contributed by atoms with Gasteiger partial charge in [0, 0.05) is 0 Å². The van der Waals surface area contributed by atoms with Crippen molar-refractivity contribution in [3.8, 4) is 0 Å². The van der Waals surface area contributed by atoms with Gasteiger partial charge in [-0.3, -0.25) is 0 Å². The van der Waals surface area contributed by atoms with Crippen LogP contribution < -0.4 is 0 Å². The zero-order valence-electron chi connectivity index (χ0n) is 13.5. The monoisotopic (exact) mass is 328 g/mol. The summed E-state index contributed by atoms with van der Waals surface area (Å²) < 4.78 is 37.6. The van der Waals surface area contributed by atoms with Crippen molar-refractivity contribution in [1.82, 2.24) is 0 Å². The zero-order chi connectivity index (χ0) is 16.5. The molecule has 0 spiro atoms. The summed E-state index contributed by atoms with van der Waals surface area (Å²) in [7, 11) is -2.92. The normalized spacial score (nSPS) is 12.8. The molecule has 21 heavy (non-hydrogen) atoms. The van der Waals surface area contributed by atoms with E-state index >= 15 is 0 Å². The van der Waals surface area contributed by atoms with Gasteiger partial charge in [0.15, 0.2) is 0 Å². The minimum atomic E-state index is -4.28. The molecule has 1 rings (SSSR count). The molecular weight excluding hydrogens is 305 g/mol. The van der Waals surface area contributed by atoms with Crippen LogP contribution in [-0.2, 0) is 6.18 Å². The topological polar surface area (TPSA) is 0 Å². The highest BCUT2D eigenvalue weighted by molar-refractivity contribution is 7.04. The Bertz CT molecular complexity index is 533. The Labute approximate surface area is 127 Å². The minimum absolute atomic E-state index is 0.612. The summed E-state index contributed by atoms with van der Waals surface area (Å²) in [4.78, 5) is 1.41. The Kier molecular flexibility index (Phi) is 5.14. The molecule has 0 aromatic heterocycles. The molecule has 0 saturated carbocycles. The Hall–Kier alpha value is -1.04. The van der Waals surface area contributed by atoms with Gasteiger partial charge >= 0.3 is 6.18 Å². The predicted molar refractivity (Wildman–Crippen MR) is 89.6 cm³/mol. The van der Waals surface area contributed by atoms with Gasteiger partial charge in [-0.1, -0.05) is 56.2 Å². The average molecular weight is 329 g/mol. The van der Waals surface area contributed by atoms with E-state index in [4.69, 9.17) is 0 Å². The van der Waals surface area contributed by atoms with E-state index in [0.29, 0.717) is 0 Å². The van der Waals surface area contributed by atoms with Gasteiger partial charge in [-0.05, 0) is 23.8 Å². The fourth-order valence-electron chi connectivity index (χ4n) is 2.48. The molecule has 0 fully saturated rings. The van der Waals surface area contributed by atoms with Gasteiger partial charge in [-0.15, -0.1) is 5.73 Å². The van der Waals surface area contributed by atoms with Crippen molar-refractivity contribution in [2.24, 2.45) is 0 Å². The summed E-state index contributed by atoms with van der Waals surface area (Å²) in [5.41, 5.74) is 3.56. The van der Waals surface area contributed by atoms with Gasteiger partial charge in [0.05, 0.1) is 21.7 Å². The number of halogens is 3. The number of hydrogen-bond acceptors (Lipinski definition) is 0. The molecule has 0 bridgehead atoms. The van der Waals surface area contributed by atoms with Crippen LogP contribution in [0, 0.1) is 0 Å². The van der Waals surface area contributed by atoms with Crippen molar-refractivity contribution in [1.29, 1.82) is 0 Å². The predicted octanol–water partition coefficient (Wildman–Crippen LogP) is 6.00. The second kappa shape index (κ2) is 5.99. The molecular formula is C16H23F3Si2. The molecule has 0 radical (unpaired) electrons. The summed E-state index contributed by atoms with van der Waals surface area (Å²) >= 11 is 0. The highest BCUT2D eigenvalue weighted by Gasteiger charge is 2.31. The third-order valence-electron chi connectivity index (χ3n) is 3.12. The van der Waals surface area contributed by atoms with Gasteiger partial charge in [0.2, 0.25) is 0 Å². The number of hydrogen-bond donors (Lipinski definition) is 0. The second-order valence-electron chi connectivity index (χ2n) is 7.28.